The molecule has 4 aromatic rings. The molecule has 0 bridgehead atoms. The Morgan fingerprint density at radius 2 is 2.11 bits per heavy atom. The third-order valence-corrected chi connectivity index (χ3v) is 8.27. The number of rotatable bonds is 8. The van der Waals surface area contributed by atoms with Gasteiger partial charge in [-0.25, -0.2) is 0 Å². The number of nitrogens with zero attached hydrogens (tertiary/aromatic N) is 6. The summed E-state index contributed by atoms with van der Waals surface area (Å²) in [6.07, 6.45) is 5.41. The van der Waals surface area contributed by atoms with Crippen molar-refractivity contribution in [2.75, 3.05) is 6.61 Å². The van der Waals surface area contributed by atoms with E-state index in [1.807, 2.05) is 23.2 Å². The molecule has 188 valence electrons. The second-order valence-corrected chi connectivity index (χ2v) is 10.9. The fourth-order valence-electron chi connectivity index (χ4n) is 3.70. The molecule has 1 aliphatic rings. The Morgan fingerprint density at radius 1 is 1.32 bits per heavy atom. The Kier molecular flexibility index (Phi) is 6.82. The first-order chi connectivity index (χ1) is 17.9. The molecule has 12 heteroatoms. The normalized spacial score (nSPS) is 14.4. The SMILES string of the molecule is Cn1ccsc1=NSC1(COc2nncc3cc(C(=O)NCc4ccc(C#N)cc4)c(=O)n(C)c23)CC1. The van der Waals surface area contributed by atoms with Crippen molar-refractivity contribution in [3.8, 4) is 11.9 Å². The largest absolute Gasteiger partial charge is 0.474 e. The van der Waals surface area contributed by atoms with E-state index < -0.39 is 11.5 Å². The number of aromatic nitrogens is 4. The number of amides is 1. The predicted molar refractivity (Wildman–Crippen MR) is 141 cm³/mol. The standard InChI is InChI=1S/C25H23N7O3S2/c1-31-9-10-36-24(31)30-37-25(7-8-25)15-35-22-20-18(14-28-29-22)11-19(23(34)32(20)2)21(33)27-13-17-5-3-16(12-26)4-6-17/h3-6,9-11,14H,7-8,13,15H2,1-2H3,(H,27,33). The number of aryl methyl sites for hydroxylation is 2. The molecule has 1 aromatic carbocycles. The summed E-state index contributed by atoms with van der Waals surface area (Å²) >= 11 is 3.08. The zero-order valence-electron chi connectivity index (χ0n) is 20.2. The van der Waals surface area contributed by atoms with E-state index in [2.05, 4.69) is 26.0 Å². The average Bonchev–Trinajstić information content (AvgIpc) is 3.58. The number of hydrogen-bond acceptors (Lipinski definition) is 9. The topological polar surface area (TPSA) is 127 Å². The quantitative estimate of drug-likeness (QED) is 0.345. The van der Waals surface area contributed by atoms with Crippen molar-refractivity contribution in [2.45, 2.75) is 24.1 Å². The first-order valence-electron chi connectivity index (χ1n) is 11.5. The highest BCUT2D eigenvalue weighted by Gasteiger charge is 2.45. The van der Waals surface area contributed by atoms with Crippen LogP contribution in [0.3, 0.4) is 0 Å². The second kappa shape index (κ2) is 10.2. The molecule has 3 heterocycles. The molecule has 37 heavy (non-hydrogen) atoms. The number of benzene rings is 1. The predicted octanol–water partition coefficient (Wildman–Crippen LogP) is 2.69. The van der Waals surface area contributed by atoms with Gasteiger partial charge in [-0.3, -0.25) is 9.59 Å². The highest BCUT2D eigenvalue weighted by Crippen LogP contribution is 2.49. The van der Waals surface area contributed by atoms with Crippen LogP contribution in [0, 0.1) is 11.3 Å². The van der Waals surface area contributed by atoms with Gasteiger partial charge in [0.05, 0.1) is 22.6 Å². The van der Waals surface area contributed by atoms with E-state index in [1.54, 1.807) is 42.6 Å². The lowest BCUT2D eigenvalue weighted by atomic mass is 10.1. The first kappa shape index (κ1) is 24.7. The highest BCUT2D eigenvalue weighted by molar-refractivity contribution is 7.99. The molecule has 0 atom stereocenters. The van der Waals surface area contributed by atoms with Crippen molar-refractivity contribution in [1.82, 2.24) is 24.6 Å². The van der Waals surface area contributed by atoms with Crippen LogP contribution in [-0.2, 0) is 20.6 Å². The van der Waals surface area contributed by atoms with Crippen molar-refractivity contribution in [3.05, 3.63) is 80.0 Å². The fourth-order valence-corrected chi connectivity index (χ4v) is 5.38. The minimum Gasteiger partial charge on any atom is -0.474 e. The Bertz CT molecular complexity index is 1640. The van der Waals surface area contributed by atoms with Gasteiger partial charge in [0.2, 0.25) is 0 Å². The molecule has 0 radical (unpaired) electrons. The fraction of sp³-hybridized carbons (Fsp3) is 0.280. The van der Waals surface area contributed by atoms with Crippen molar-refractivity contribution in [1.29, 1.82) is 5.26 Å². The van der Waals surface area contributed by atoms with Crippen LogP contribution in [0.4, 0.5) is 0 Å². The van der Waals surface area contributed by atoms with Gasteiger partial charge in [-0.1, -0.05) is 12.1 Å². The van der Waals surface area contributed by atoms with Gasteiger partial charge in [0.15, 0.2) is 4.80 Å². The van der Waals surface area contributed by atoms with E-state index in [4.69, 9.17) is 10.00 Å². The molecule has 1 saturated carbocycles. The first-order valence-corrected chi connectivity index (χ1v) is 13.1. The molecule has 5 rings (SSSR count). The zero-order chi connectivity index (χ0) is 26.0. The van der Waals surface area contributed by atoms with E-state index in [0.29, 0.717) is 23.1 Å². The van der Waals surface area contributed by atoms with E-state index in [9.17, 15) is 9.59 Å². The number of nitrogens with one attached hydrogen (secondary N) is 1. The number of ether oxygens (including phenoxy) is 1. The minimum absolute atomic E-state index is 0.000526. The van der Waals surface area contributed by atoms with Gasteiger partial charge in [0.25, 0.3) is 17.3 Å². The summed E-state index contributed by atoms with van der Waals surface area (Å²) in [5.74, 6) is -0.252. The molecule has 0 aliphatic heterocycles. The maximum atomic E-state index is 13.1. The van der Waals surface area contributed by atoms with Crippen LogP contribution in [0.25, 0.3) is 10.9 Å². The number of carbonyl (C=O) groups excluding carboxylic acids is 1. The molecule has 0 saturated heterocycles. The Hall–Kier alpha value is -3.95. The summed E-state index contributed by atoms with van der Waals surface area (Å²) in [5.41, 5.74) is 1.37. The number of carbonyl (C=O) groups is 1. The molecule has 3 aromatic heterocycles. The van der Waals surface area contributed by atoms with E-state index in [1.165, 1.54) is 28.8 Å². The lowest BCUT2D eigenvalue weighted by molar-refractivity contribution is 0.0949. The second-order valence-electron chi connectivity index (χ2n) is 8.82. The average molecular weight is 534 g/mol. The lowest BCUT2D eigenvalue weighted by Crippen LogP contribution is -2.32. The van der Waals surface area contributed by atoms with E-state index in [-0.39, 0.29) is 22.7 Å². The minimum atomic E-state index is -0.497. The van der Waals surface area contributed by atoms with Crippen LogP contribution in [0.5, 0.6) is 5.88 Å². The zero-order valence-corrected chi connectivity index (χ0v) is 21.8. The lowest BCUT2D eigenvalue weighted by Gasteiger charge is -2.15. The van der Waals surface area contributed by atoms with Crippen molar-refractivity contribution in [2.24, 2.45) is 18.5 Å². The summed E-state index contributed by atoms with van der Waals surface area (Å²) in [6, 6.07) is 10.4. The highest BCUT2D eigenvalue weighted by atomic mass is 32.2. The van der Waals surface area contributed by atoms with Crippen molar-refractivity contribution >= 4 is 40.1 Å². The summed E-state index contributed by atoms with van der Waals surface area (Å²) < 4.78 is 13.9. The van der Waals surface area contributed by atoms with Gasteiger partial charge in [0.1, 0.15) is 17.7 Å². The summed E-state index contributed by atoms with van der Waals surface area (Å²) in [4.78, 5) is 26.9. The Labute approximate surface area is 220 Å². The van der Waals surface area contributed by atoms with E-state index >= 15 is 0 Å². The van der Waals surface area contributed by atoms with Gasteiger partial charge in [0, 0.05) is 37.6 Å². The van der Waals surface area contributed by atoms with Crippen LogP contribution in [0.1, 0.15) is 34.3 Å². The van der Waals surface area contributed by atoms with Gasteiger partial charge in [-0.2, -0.15) is 14.8 Å². The molecule has 1 aliphatic carbocycles. The van der Waals surface area contributed by atoms with Crippen LogP contribution in [0.15, 0.2) is 57.3 Å². The molecule has 1 fully saturated rings. The number of nitriles is 1. The third kappa shape index (κ3) is 5.28. The molecular weight excluding hydrogens is 510 g/mol. The van der Waals surface area contributed by atoms with Gasteiger partial charge < -0.3 is 19.2 Å². The van der Waals surface area contributed by atoms with Gasteiger partial charge >= 0.3 is 0 Å². The van der Waals surface area contributed by atoms with Crippen LogP contribution in [-0.4, -0.2) is 36.6 Å². The summed E-state index contributed by atoms with van der Waals surface area (Å²) in [6.45, 7) is 0.605. The maximum Gasteiger partial charge on any atom is 0.263 e. The Balaban J connectivity index is 1.33. The summed E-state index contributed by atoms with van der Waals surface area (Å²) in [5, 5.41) is 22.4. The molecule has 1 amide bonds. The van der Waals surface area contributed by atoms with Crippen LogP contribution >= 0.6 is 23.3 Å². The van der Waals surface area contributed by atoms with Gasteiger partial charge in [-0.15, -0.1) is 16.4 Å². The number of fused-ring (bicyclic) bond motifs is 1. The number of pyridine rings is 1. The number of hydrogen-bond donors (Lipinski definition) is 1. The molecule has 0 spiro atoms. The maximum absolute atomic E-state index is 13.1. The third-order valence-electron chi connectivity index (χ3n) is 6.13. The molecular formula is C25H23N7O3S2. The Morgan fingerprint density at radius 3 is 2.78 bits per heavy atom. The van der Waals surface area contributed by atoms with Gasteiger partial charge in [-0.05, 0) is 48.6 Å². The van der Waals surface area contributed by atoms with Crippen LogP contribution in [0.2, 0.25) is 0 Å². The van der Waals surface area contributed by atoms with Crippen molar-refractivity contribution in [3.63, 3.8) is 0 Å². The van der Waals surface area contributed by atoms with Crippen LogP contribution < -0.4 is 20.4 Å². The van der Waals surface area contributed by atoms with E-state index in [0.717, 1.165) is 23.2 Å². The van der Waals surface area contributed by atoms with Crippen molar-refractivity contribution < 1.29 is 9.53 Å². The molecule has 0 unspecified atom stereocenters. The number of thiazole rings is 1. The smallest absolute Gasteiger partial charge is 0.263 e. The molecule has 10 nitrogen and oxygen atoms in total. The summed E-state index contributed by atoms with van der Waals surface area (Å²) in [7, 11) is 3.55. The molecule has 1 N–H and O–H groups in total. The monoisotopic (exact) mass is 533 g/mol.